The molecule has 0 saturated heterocycles. The molecule has 0 saturated carbocycles. The van der Waals surface area contributed by atoms with Crippen molar-refractivity contribution in [3.05, 3.63) is 52.3 Å². The number of aromatic amines is 1. The van der Waals surface area contributed by atoms with Crippen molar-refractivity contribution in [2.24, 2.45) is 0 Å². The number of anilines is 2. The van der Waals surface area contributed by atoms with Gasteiger partial charge < -0.3 is 10.1 Å². The molecule has 3 aromatic rings. The number of amides is 2. The zero-order valence-corrected chi connectivity index (χ0v) is 16.5. The number of carbonyl (C=O) groups excluding carboxylic acids is 1. The lowest BCUT2D eigenvalue weighted by molar-refractivity contribution is -0.141. The molecule has 0 unspecified atom stereocenters. The maximum atomic E-state index is 12.9. The predicted molar refractivity (Wildman–Crippen MR) is 102 cm³/mol. The Hall–Kier alpha value is -3.12. The minimum absolute atomic E-state index is 0.0219. The Morgan fingerprint density at radius 3 is 2.53 bits per heavy atom. The third kappa shape index (κ3) is 5.07. The Labute approximate surface area is 177 Å². The molecular weight excluding hydrogens is 450 g/mol. The van der Waals surface area contributed by atoms with Crippen molar-refractivity contribution in [2.75, 3.05) is 17.3 Å². The van der Waals surface area contributed by atoms with Gasteiger partial charge in [0.05, 0.1) is 43.1 Å². The summed E-state index contributed by atoms with van der Waals surface area (Å²) in [5, 5.41) is 8.05. The number of methoxy groups -OCH3 is 1. The lowest BCUT2D eigenvalue weighted by Gasteiger charge is -2.22. The largest absolute Gasteiger partial charge is 0.467 e. The van der Waals surface area contributed by atoms with Crippen molar-refractivity contribution in [3.63, 3.8) is 0 Å². The molecule has 0 radical (unpaired) electrons. The molecule has 158 valence electrons. The third-order valence-electron chi connectivity index (χ3n) is 3.66. The average Bonchev–Trinajstić information content (AvgIpc) is 3.18. The Kier molecular flexibility index (Phi) is 6.27. The summed E-state index contributed by atoms with van der Waals surface area (Å²) in [6.45, 7) is -0.302. The van der Waals surface area contributed by atoms with E-state index in [1.54, 1.807) is 0 Å². The van der Waals surface area contributed by atoms with E-state index in [0.717, 1.165) is 11.0 Å². The van der Waals surface area contributed by atoms with E-state index in [1.165, 1.54) is 31.6 Å². The first kappa shape index (κ1) is 21.6. The van der Waals surface area contributed by atoms with Crippen LogP contribution in [0.1, 0.15) is 11.4 Å². The molecule has 3 rings (SSSR count). The van der Waals surface area contributed by atoms with Gasteiger partial charge in [0.25, 0.3) is 0 Å². The first-order valence-electron chi connectivity index (χ1n) is 8.05. The molecule has 9 nitrogen and oxygen atoms in total. The molecule has 3 heterocycles. The van der Waals surface area contributed by atoms with Gasteiger partial charge in [-0.1, -0.05) is 23.2 Å². The molecule has 0 aliphatic rings. The highest BCUT2D eigenvalue weighted by atomic mass is 35.5. The summed E-state index contributed by atoms with van der Waals surface area (Å²) in [6, 6.07) is 2.94. The van der Waals surface area contributed by atoms with E-state index in [1.807, 2.05) is 0 Å². The first-order chi connectivity index (χ1) is 14.2. The minimum atomic E-state index is -4.63. The smallest absolute Gasteiger partial charge is 0.435 e. The molecule has 0 spiro atoms. The second-order valence-electron chi connectivity index (χ2n) is 5.69. The summed E-state index contributed by atoms with van der Waals surface area (Å²) in [5.41, 5.74) is -0.775. The molecule has 2 amide bonds. The van der Waals surface area contributed by atoms with E-state index in [0.29, 0.717) is 0 Å². The Bertz CT molecular complexity index is 1040. The maximum absolute atomic E-state index is 12.9. The van der Waals surface area contributed by atoms with Crippen LogP contribution in [0.5, 0.6) is 6.01 Å². The zero-order valence-electron chi connectivity index (χ0n) is 15.0. The Morgan fingerprint density at radius 2 is 1.97 bits per heavy atom. The van der Waals surface area contributed by atoms with Crippen LogP contribution in [0.4, 0.5) is 29.3 Å². The van der Waals surface area contributed by atoms with Crippen molar-refractivity contribution >= 4 is 40.6 Å². The number of nitrogens with zero attached hydrogens (tertiary/aromatic N) is 5. The van der Waals surface area contributed by atoms with Crippen LogP contribution in [0.3, 0.4) is 0 Å². The number of halogens is 5. The third-order valence-corrected chi connectivity index (χ3v) is 4.16. The molecule has 0 fully saturated rings. The molecule has 0 aromatic carbocycles. The van der Waals surface area contributed by atoms with Crippen LogP contribution in [0, 0.1) is 0 Å². The van der Waals surface area contributed by atoms with Crippen LogP contribution in [0.2, 0.25) is 10.3 Å². The highest BCUT2D eigenvalue weighted by Gasteiger charge is 2.34. The highest BCUT2D eigenvalue weighted by Crippen LogP contribution is 2.29. The van der Waals surface area contributed by atoms with Crippen LogP contribution in [0.25, 0.3) is 0 Å². The van der Waals surface area contributed by atoms with E-state index in [4.69, 9.17) is 27.9 Å². The number of pyridine rings is 1. The van der Waals surface area contributed by atoms with Gasteiger partial charge in [-0.15, -0.1) is 0 Å². The van der Waals surface area contributed by atoms with Gasteiger partial charge in [0.2, 0.25) is 0 Å². The molecule has 0 bridgehead atoms. The second-order valence-corrected chi connectivity index (χ2v) is 6.44. The molecule has 30 heavy (non-hydrogen) atoms. The summed E-state index contributed by atoms with van der Waals surface area (Å²) in [7, 11) is 1.36. The van der Waals surface area contributed by atoms with Crippen LogP contribution in [0.15, 0.2) is 30.6 Å². The van der Waals surface area contributed by atoms with Gasteiger partial charge >= 0.3 is 18.2 Å². The van der Waals surface area contributed by atoms with E-state index in [9.17, 15) is 18.0 Å². The van der Waals surface area contributed by atoms with Gasteiger partial charge in [0.1, 0.15) is 5.15 Å². The molecule has 14 heteroatoms. The van der Waals surface area contributed by atoms with Crippen LogP contribution in [-0.4, -0.2) is 38.3 Å². The van der Waals surface area contributed by atoms with E-state index >= 15 is 0 Å². The first-order valence-corrected chi connectivity index (χ1v) is 8.81. The number of aromatic nitrogens is 5. The molecule has 3 aromatic heterocycles. The summed E-state index contributed by atoms with van der Waals surface area (Å²) in [6.07, 6.45) is -2.09. The normalized spacial score (nSPS) is 11.3. The standard InChI is InChI=1S/C16H12Cl2F3N7O2/c1-30-14-22-5-9(6-23-14)28(7-8-4-11(27-26-8)16(19,20)21)15(29)24-10-2-3-12(17)25-13(10)18/h2-6H,7H2,1H3,(H,24,29)(H,26,27). The number of H-pyrrole nitrogens is 1. The number of ether oxygens (including phenoxy) is 1. The second kappa shape index (κ2) is 8.71. The van der Waals surface area contributed by atoms with E-state index in [2.05, 4.69) is 30.5 Å². The fourth-order valence-corrected chi connectivity index (χ4v) is 2.67. The number of rotatable bonds is 5. The number of hydrogen-bond donors (Lipinski definition) is 2. The number of carbonyl (C=O) groups is 1. The SMILES string of the molecule is COc1ncc(N(Cc2cc(C(F)(F)F)n[nH]2)C(=O)Nc2ccc(Cl)nc2Cl)cn1. The summed E-state index contributed by atoms with van der Waals surface area (Å²) in [5.74, 6) is 0. The Balaban J connectivity index is 1.90. The van der Waals surface area contributed by atoms with Gasteiger partial charge in [-0.05, 0) is 18.2 Å². The van der Waals surface area contributed by atoms with Crippen LogP contribution < -0.4 is 15.0 Å². The van der Waals surface area contributed by atoms with Gasteiger partial charge in [0.15, 0.2) is 10.8 Å². The number of urea groups is 1. The monoisotopic (exact) mass is 461 g/mol. The van der Waals surface area contributed by atoms with Gasteiger partial charge in [0, 0.05) is 0 Å². The van der Waals surface area contributed by atoms with Crippen molar-refractivity contribution in [1.82, 2.24) is 25.1 Å². The van der Waals surface area contributed by atoms with Crippen molar-refractivity contribution in [2.45, 2.75) is 12.7 Å². The molecule has 0 aliphatic carbocycles. The lowest BCUT2D eigenvalue weighted by atomic mass is 10.3. The predicted octanol–water partition coefficient (Wildman–Crippen LogP) is 4.17. The highest BCUT2D eigenvalue weighted by molar-refractivity contribution is 6.34. The van der Waals surface area contributed by atoms with Crippen LogP contribution in [-0.2, 0) is 12.7 Å². The van der Waals surface area contributed by atoms with Crippen molar-refractivity contribution in [3.8, 4) is 6.01 Å². The summed E-state index contributed by atoms with van der Waals surface area (Å²) < 4.78 is 43.3. The van der Waals surface area contributed by atoms with Crippen LogP contribution >= 0.6 is 23.2 Å². The number of hydrogen-bond acceptors (Lipinski definition) is 6. The number of nitrogens with one attached hydrogen (secondary N) is 2. The average molecular weight is 462 g/mol. The maximum Gasteiger partial charge on any atom is 0.435 e. The zero-order chi connectivity index (χ0) is 21.9. The molecule has 0 atom stereocenters. The quantitative estimate of drug-likeness (QED) is 0.551. The minimum Gasteiger partial charge on any atom is -0.467 e. The van der Waals surface area contributed by atoms with Crippen molar-refractivity contribution < 1.29 is 22.7 Å². The Morgan fingerprint density at radius 1 is 1.27 bits per heavy atom. The van der Waals surface area contributed by atoms with Gasteiger partial charge in [-0.2, -0.15) is 18.3 Å². The van der Waals surface area contributed by atoms with Gasteiger partial charge in [-0.3, -0.25) is 10.00 Å². The fraction of sp³-hybridized carbons (Fsp3) is 0.188. The van der Waals surface area contributed by atoms with E-state index in [-0.39, 0.29) is 39.9 Å². The van der Waals surface area contributed by atoms with Gasteiger partial charge in [-0.25, -0.2) is 19.7 Å². The topological polar surface area (TPSA) is 109 Å². The molecule has 0 aliphatic heterocycles. The summed E-state index contributed by atoms with van der Waals surface area (Å²) >= 11 is 11.7. The lowest BCUT2D eigenvalue weighted by Crippen LogP contribution is -2.35. The summed E-state index contributed by atoms with van der Waals surface area (Å²) in [4.78, 5) is 25.6. The van der Waals surface area contributed by atoms with Crippen molar-refractivity contribution in [1.29, 1.82) is 0 Å². The molecular formula is C16H12Cl2F3N7O2. The fourth-order valence-electron chi connectivity index (χ4n) is 2.28. The van der Waals surface area contributed by atoms with E-state index < -0.39 is 17.9 Å². The molecule has 2 N–H and O–H groups in total. The number of alkyl halides is 3.